The highest BCUT2D eigenvalue weighted by molar-refractivity contribution is 5.70. The second-order valence-corrected chi connectivity index (χ2v) is 3.78. The van der Waals surface area contributed by atoms with Crippen molar-refractivity contribution >= 4 is 5.97 Å². The van der Waals surface area contributed by atoms with Gasteiger partial charge in [-0.25, -0.2) is 0 Å². The smallest absolute Gasteiger partial charge is 0.307 e. The molecule has 0 N–H and O–H groups in total. The maximum atomic E-state index is 11.2. The summed E-state index contributed by atoms with van der Waals surface area (Å²) in [5.74, 6) is -0.102. The van der Waals surface area contributed by atoms with E-state index in [0.717, 1.165) is 6.42 Å². The number of nitrogens with zero attached hydrogens (tertiary/aromatic N) is 1. The van der Waals surface area contributed by atoms with E-state index in [-0.39, 0.29) is 12.0 Å². The molecule has 0 aliphatic rings. The Kier molecular flexibility index (Phi) is 6.54. The lowest BCUT2D eigenvalue weighted by atomic mass is 10.1. The molecule has 0 aromatic carbocycles. The molecule has 2 atom stereocenters. The number of ether oxygens (including phenoxy) is 1. The van der Waals surface area contributed by atoms with Crippen LogP contribution in [0.1, 0.15) is 40.5 Å². The largest absolute Gasteiger partial charge is 0.466 e. The summed E-state index contributed by atoms with van der Waals surface area (Å²) in [5.41, 5.74) is 0. The first kappa shape index (κ1) is 13.4. The molecule has 0 aromatic rings. The van der Waals surface area contributed by atoms with Crippen LogP contribution in [0.3, 0.4) is 0 Å². The fourth-order valence-electron chi connectivity index (χ4n) is 1.33. The van der Waals surface area contributed by atoms with Gasteiger partial charge in [0.15, 0.2) is 0 Å². The van der Waals surface area contributed by atoms with Crippen molar-refractivity contribution in [3.8, 4) is 0 Å². The lowest BCUT2D eigenvalue weighted by Gasteiger charge is -2.29. The number of hydrogen-bond donors (Lipinski definition) is 0. The van der Waals surface area contributed by atoms with Crippen LogP contribution >= 0.6 is 0 Å². The number of carbonyl (C=O) groups excluding carboxylic acids is 1. The van der Waals surface area contributed by atoms with E-state index in [9.17, 15) is 4.79 Å². The van der Waals surface area contributed by atoms with Gasteiger partial charge in [-0.3, -0.25) is 4.79 Å². The first-order valence-electron chi connectivity index (χ1n) is 5.40. The van der Waals surface area contributed by atoms with Crippen molar-refractivity contribution in [3.05, 3.63) is 0 Å². The van der Waals surface area contributed by atoms with Gasteiger partial charge in [0.1, 0.15) is 0 Å². The Morgan fingerprint density at radius 2 is 1.86 bits per heavy atom. The van der Waals surface area contributed by atoms with Gasteiger partial charge in [0, 0.05) is 12.1 Å². The molecule has 0 rings (SSSR count). The Balaban J connectivity index is 3.93. The monoisotopic (exact) mass is 201 g/mol. The summed E-state index contributed by atoms with van der Waals surface area (Å²) < 4.78 is 4.91. The van der Waals surface area contributed by atoms with Gasteiger partial charge in [0.05, 0.1) is 13.0 Å². The molecule has 0 saturated heterocycles. The molecule has 2 unspecified atom stereocenters. The molecular weight excluding hydrogens is 178 g/mol. The van der Waals surface area contributed by atoms with Crippen LogP contribution in [0.25, 0.3) is 0 Å². The normalized spacial score (nSPS) is 15.3. The van der Waals surface area contributed by atoms with Crippen LogP contribution < -0.4 is 0 Å². The van der Waals surface area contributed by atoms with Crippen LogP contribution in [-0.2, 0) is 9.53 Å². The van der Waals surface area contributed by atoms with Gasteiger partial charge in [-0.05, 0) is 34.2 Å². The predicted octanol–water partition coefficient (Wildman–Crippen LogP) is 2.06. The maximum absolute atomic E-state index is 11.2. The Morgan fingerprint density at radius 3 is 2.29 bits per heavy atom. The van der Waals surface area contributed by atoms with Gasteiger partial charge in [-0.15, -0.1) is 0 Å². The maximum Gasteiger partial charge on any atom is 0.307 e. The lowest BCUT2D eigenvalue weighted by molar-refractivity contribution is -0.144. The molecule has 0 saturated carbocycles. The van der Waals surface area contributed by atoms with E-state index in [1.54, 1.807) is 0 Å². The molecule has 0 bridgehead atoms. The number of carbonyl (C=O) groups is 1. The predicted molar refractivity (Wildman–Crippen MR) is 58.2 cm³/mol. The molecule has 0 aromatic heterocycles. The van der Waals surface area contributed by atoms with Gasteiger partial charge in [-0.1, -0.05) is 6.92 Å². The van der Waals surface area contributed by atoms with Gasteiger partial charge >= 0.3 is 5.97 Å². The number of rotatable bonds is 6. The zero-order valence-corrected chi connectivity index (χ0v) is 10.0. The van der Waals surface area contributed by atoms with Crippen LogP contribution in [0.5, 0.6) is 0 Å². The SMILES string of the molecule is CCOC(=O)CC(C)N(C)C(C)CC. The zero-order valence-electron chi connectivity index (χ0n) is 10.0. The molecule has 0 fully saturated rings. The van der Waals surface area contributed by atoms with Gasteiger partial charge in [0.2, 0.25) is 0 Å². The van der Waals surface area contributed by atoms with E-state index in [4.69, 9.17) is 4.74 Å². The molecule has 0 amide bonds. The van der Waals surface area contributed by atoms with Gasteiger partial charge in [0.25, 0.3) is 0 Å². The molecule has 0 aliphatic carbocycles. The minimum Gasteiger partial charge on any atom is -0.466 e. The third-order valence-electron chi connectivity index (χ3n) is 2.75. The highest BCUT2D eigenvalue weighted by atomic mass is 16.5. The molecule has 14 heavy (non-hydrogen) atoms. The highest BCUT2D eigenvalue weighted by Crippen LogP contribution is 2.09. The first-order valence-corrected chi connectivity index (χ1v) is 5.40. The van der Waals surface area contributed by atoms with Crippen LogP contribution in [0, 0.1) is 0 Å². The molecule has 3 heteroatoms. The summed E-state index contributed by atoms with van der Waals surface area (Å²) in [6, 6.07) is 0.767. The Morgan fingerprint density at radius 1 is 1.29 bits per heavy atom. The quantitative estimate of drug-likeness (QED) is 0.616. The fourth-order valence-corrected chi connectivity index (χ4v) is 1.33. The average Bonchev–Trinajstić information content (AvgIpc) is 2.15. The third-order valence-corrected chi connectivity index (χ3v) is 2.75. The molecule has 0 spiro atoms. The van der Waals surface area contributed by atoms with Gasteiger partial charge < -0.3 is 9.64 Å². The van der Waals surface area contributed by atoms with Crippen LogP contribution in [0.15, 0.2) is 0 Å². The summed E-state index contributed by atoms with van der Waals surface area (Å²) in [4.78, 5) is 13.4. The molecule has 0 aliphatic heterocycles. The van der Waals surface area contributed by atoms with Crippen molar-refractivity contribution in [3.63, 3.8) is 0 Å². The standard InChI is InChI=1S/C11H23NO2/c1-6-9(3)12(5)10(4)8-11(13)14-7-2/h9-10H,6-8H2,1-5H3. The topological polar surface area (TPSA) is 29.5 Å². The summed E-state index contributed by atoms with van der Waals surface area (Å²) >= 11 is 0. The van der Waals surface area contributed by atoms with Crippen LogP contribution in [0.4, 0.5) is 0 Å². The minimum atomic E-state index is -0.102. The lowest BCUT2D eigenvalue weighted by Crippen LogP contribution is -2.38. The number of esters is 1. The average molecular weight is 201 g/mol. The van der Waals surface area contributed by atoms with E-state index < -0.39 is 0 Å². The van der Waals surface area contributed by atoms with Crippen molar-refractivity contribution in [1.82, 2.24) is 4.90 Å². The van der Waals surface area contributed by atoms with Crippen molar-refractivity contribution < 1.29 is 9.53 Å². The molecule has 84 valence electrons. The van der Waals surface area contributed by atoms with E-state index in [0.29, 0.717) is 19.1 Å². The first-order chi connectivity index (χ1) is 6.52. The Labute approximate surface area is 87.4 Å². The summed E-state index contributed by atoms with van der Waals surface area (Å²) in [5, 5.41) is 0. The summed E-state index contributed by atoms with van der Waals surface area (Å²) in [7, 11) is 2.05. The second kappa shape index (κ2) is 6.82. The summed E-state index contributed by atoms with van der Waals surface area (Å²) in [6.45, 7) is 8.68. The second-order valence-electron chi connectivity index (χ2n) is 3.78. The van der Waals surface area contributed by atoms with E-state index in [1.807, 2.05) is 6.92 Å². The van der Waals surface area contributed by atoms with Crippen molar-refractivity contribution in [1.29, 1.82) is 0 Å². The van der Waals surface area contributed by atoms with E-state index in [1.165, 1.54) is 0 Å². The van der Waals surface area contributed by atoms with E-state index in [2.05, 4.69) is 32.7 Å². The van der Waals surface area contributed by atoms with Crippen LogP contribution in [0.2, 0.25) is 0 Å². The molecular formula is C11H23NO2. The zero-order chi connectivity index (χ0) is 11.1. The molecule has 3 nitrogen and oxygen atoms in total. The van der Waals surface area contributed by atoms with Crippen LogP contribution in [-0.4, -0.2) is 36.6 Å². The molecule has 0 radical (unpaired) electrons. The van der Waals surface area contributed by atoms with E-state index >= 15 is 0 Å². The van der Waals surface area contributed by atoms with Crippen molar-refractivity contribution in [2.45, 2.75) is 52.6 Å². The third kappa shape index (κ3) is 4.61. The minimum absolute atomic E-state index is 0.102. The molecule has 0 heterocycles. The summed E-state index contributed by atoms with van der Waals surface area (Å²) in [6.07, 6.45) is 1.58. The fraction of sp³-hybridized carbons (Fsp3) is 0.909. The van der Waals surface area contributed by atoms with Gasteiger partial charge in [-0.2, -0.15) is 0 Å². The Bertz CT molecular complexity index is 171. The highest BCUT2D eigenvalue weighted by Gasteiger charge is 2.17. The Hall–Kier alpha value is -0.570. The number of hydrogen-bond acceptors (Lipinski definition) is 3. The van der Waals surface area contributed by atoms with Crippen molar-refractivity contribution in [2.75, 3.05) is 13.7 Å². The van der Waals surface area contributed by atoms with Crippen molar-refractivity contribution in [2.24, 2.45) is 0 Å².